The second kappa shape index (κ2) is 4.52. The predicted molar refractivity (Wildman–Crippen MR) is 64.2 cm³/mol. The Labute approximate surface area is 92.1 Å². The highest BCUT2D eigenvalue weighted by atomic mass is 16.2. The Morgan fingerprint density at radius 1 is 1.06 bits per heavy atom. The molecule has 0 aromatic carbocycles. The molecule has 0 unspecified atom stereocenters. The van der Waals surface area contributed by atoms with Crippen LogP contribution in [0.2, 0.25) is 0 Å². The van der Waals surface area contributed by atoms with Crippen molar-refractivity contribution in [1.82, 2.24) is 9.13 Å². The summed E-state index contributed by atoms with van der Waals surface area (Å²) in [6.07, 6.45) is 2.94. The maximum absolute atomic E-state index is 11.8. The number of anilines is 2. The molecule has 0 radical (unpaired) electrons. The van der Waals surface area contributed by atoms with Crippen LogP contribution in [-0.2, 0) is 13.1 Å². The first-order valence-electron chi connectivity index (χ1n) is 4.65. The fraction of sp³-hybridized carbons (Fsp3) is 0.200. The molecule has 6 nitrogen and oxygen atoms in total. The lowest BCUT2D eigenvalue weighted by Crippen LogP contribution is -2.41. The van der Waals surface area contributed by atoms with E-state index in [9.17, 15) is 9.59 Å². The van der Waals surface area contributed by atoms with Crippen LogP contribution in [0.15, 0.2) is 34.9 Å². The lowest BCUT2D eigenvalue weighted by atomic mass is 10.4. The molecule has 1 aromatic heterocycles. The van der Waals surface area contributed by atoms with Gasteiger partial charge >= 0.3 is 5.69 Å². The summed E-state index contributed by atoms with van der Waals surface area (Å²) in [6.45, 7) is 7.27. The van der Waals surface area contributed by atoms with Crippen LogP contribution in [0.5, 0.6) is 0 Å². The SMILES string of the molecule is C=CCn1c(N)c(N)c(=O)n(CC=C)c1=O. The molecule has 86 valence electrons. The van der Waals surface area contributed by atoms with Gasteiger partial charge in [0.25, 0.3) is 5.56 Å². The largest absolute Gasteiger partial charge is 0.391 e. The molecule has 0 atom stereocenters. The molecular formula is C10H14N4O2. The van der Waals surface area contributed by atoms with E-state index in [0.29, 0.717) is 0 Å². The third-order valence-electron chi connectivity index (χ3n) is 2.13. The van der Waals surface area contributed by atoms with Crippen molar-refractivity contribution < 1.29 is 0 Å². The van der Waals surface area contributed by atoms with Gasteiger partial charge in [0.2, 0.25) is 0 Å². The van der Waals surface area contributed by atoms with Crippen molar-refractivity contribution in [2.24, 2.45) is 0 Å². The first-order valence-corrected chi connectivity index (χ1v) is 4.65. The fourth-order valence-corrected chi connectivity index (χ4v) is 1.33. The van der Waals surface area contributed by atoms with Gasteiger partial charge < -0.3 is 11.5 Å². The zero-order valence-corrected chi connectivity index (χ0v) is 8.85. The third-order valence-corrected chi connectivity index (χ3v) is 2.13. The summed E-state index contributed by atoms with van der Waals surface area (Å²) >= 11 is 0. The molecule has 0 spiro atoms. The van der Waals surface area contributed by atoms with Gasteiger partial charge in [0.15, 0.2) is 0 Å². The number of aromatic nitrogens is 2. The van der Waals surface area contributed by atoms with E-state index in [2.05, 4.69) is 13.2 Å². The maximum Gasteiger partial charge on any atom is 0.333 e. The van der Waals surface area contributed by atoms with Crippen molar-refractivity contribution >= 4 is 11.5 Å². The molecule has 1 aromatic rings. The Morgan fingerprint density at radius 3 is 2.06 bits per heavy atom. The van der Waals surface area contributed by atoms with Crippen LogP contribution in [-0.4, -0.2) is 9.13 Å². The molecule has 1 rings (SSSR count). The average Bonchev–Trinajstić information content (AvgIpc) is 2.28. The lowest BCUT2D eigenvalue weighted by Gasteiger charge is -2.12. The molecule has 1 heterocycles. The zero-order chi connectivity index (χ0) is 12.3. The summed E-state index contributed by atoms with van der Waals surface area (Å²) in [6, 6.07) is 0. The highest BCUT2D eigenvalue weighted by Crippen LogP contribution is 2.05. The Morgan fingerprint density at radius 2 is 1.56 bits per heavy atom. The van der Waals surface area contributed by atoms with Crippen LogP contribution in [0.4, 0.5) is 11.5 Å². The minimum Gasteiger partial charge on any atom is -0.391 e. The Hall–Kier alpha value is -2.24. The lowest BCUT2D eigenvalue weighted by molar-refractivity contribution is 0.636. The summed E-state index contributed by atoms with van der Waals surface area (Å²) in [4.78, 5) is 23.5. The maximum atomic E-state index is 11.8. The predicted octanol–water partition coefficient (Wildman–Crippen LogP) is -0.454. The average molecular weight is 222 g/mol. The van der Waals surface area contributed by atoms with Gasteiger partial charge in [-0.15, -0.1) is 13.2 Å². The van der Waals surface area contributed by atoms with Crippen LogP contribution in [0, 0.1) is 0 Å². The van der Waals surface area contributed by atoms with Crippen molar-refractivity contribution in [2.75, 3.05) is 11.5 Å². The van der Waals surface area contributed by atoms with E-state index in [0.717, 1.165) is 4.57 Å². The van der Waals surface area contributed by atoms with Crippen molar-refractivity contribution in [3.05, 3.63) is 46.1 Å². The number of nitrogens with zero attached hydrogens (tertiary/aromatic N) is 2. The Balaban J connectivity index is 3.65. The normalized spacial score (nSPS) is 10.0. The molecule has 0 amide bonds. The smallest absolute Gasteiger partial charge is 0.333 e. The Bertz CT molecular complexity index is 539. The number of nitrogen functional groups attached to an aromatic ring is 2. The van der Waals surface area contributed by atoms with Gasteiger partial charge in [-0.2, -0.15) is 0 Å². The minimum absolute atomic E-state index is 0.0322. The van der Waals surface area contributed by atoms with Gasteiger partial charge in [-0.25, -0.2) is 4.79 Å². The van der Waals surface area contributed by atoms with Crippen LogP contribution in [0.25, 0.3) is 0 Å². The quantitative estimate of drug-likeness (QED) is 0.674. The van der Waals surface area contributed by atoms with E-state index in [1.54, 1.807) is 0 Å². The van der Waals surface area contributed by atoms with E-state index >= 15 is 0 Å². The minimum atomic E-state index is -0.595. The highest BCUT2D eigenvalue weighted by Gasteiger charge is 2.12. The monoisotopic (exact) mass is 222 g/mol. The molecule has 16 heavy (non-hydrogen) atoms. The van der Waals surface area contributed by atoms with Gasteiger partial charge in [-0.3, -0.25) is 13.9 Å². The number of nitrogens with two attached hydrogens (primary N) is 2. The summed E-state index contributed by atoms with van der Waals surface area (Å²) in [5, 5.41) is 0. The topological polar surface area (TPSA) is 96.0 Å². The van der Waals surface area contributed by atoms with Gasteiger partial charge in [-0.05, 0) is 0 Å². The standard InChI is InChI=1S/C10H14N4O2/c1-3-5-13-8(12)7(11)9(15)14(6-4-2)10(13)16/h3-4H,1-2,5-6,11-12H2. The third kappa shape index (κ3) is 1.77. The Kier molecular flexibility index (Phi) is 3.34. The first-order chi connectivity index (χ1) is 7.54. The summed E-state index contributed by atoms with van der Waals surface area (Å²) in [5.41, 5.74) is 9.87. The van der Waals surface area contributed by atoms with E-state index in [4.69, 9.17) is 11.5 Å². The van der Waals surface area contributed by atoms with Crippen molar-refractivity contribution in [2.45, 2.75) is 13.1 Å². The van der Waals surface area contributed by atoms with Crippen molar-refractivity contribution in [3.8, 4) is 0 Å². The summed E-state index contributed by atoms with van der Waals surface area (Å²) < 4.78 is 2.16. The van der Waals surface area contributed by atoms with Crippen LogP contribution >= 0.6 is 0 Å². The molecule has 6 heteroatoms. The fourth-order valence-electron chi connectivity index (χ4n) is 1.33. The highest BCUT2D eigenvalue weighted by molar-refractivity contribution is 5.56. The second-order valence-corrected chi connectivity index (χ2v) is 3.19. The molecule has 0 bridgehead atoms. The summed E-state index contributed by atoms with van der Waals surface area (Å²) in [7, 11) is 0. The van der Waals surface area contributed by atoms with Crippen molar-refractivity contribution in [1.29, 1.82) is 0 Å². The zero-order valence-electron chi connectivity index (χ0n) is 8.85. The molecule has 0 aliphatic carbocycles. The van der Waals surface area contributed by atoms with E-state index < -0.39 is 11.2 Å². The van der Waals surface area contributed by atoms with Crippen LogP contribution in [0.3, 0.4) is 0 Å². The van der Waals surface area contributed by atoms with E-state index in [1.807, 2.05) is 0 Å². The summed E-state index contributed by atoms with van der Waals surface area (Å²) in [5.74, 6) is -0.0322. The van der Waals surface area contributed by atoms with Gasteiger partial charge in [0.05, 0.1) is 0 Å². The molecule has 0 saturated carbocycles. The number of hydrogen-bond donors (Lipinski definition) is 2. The van der Waals surface area contributed by atoms with Crippen molar-refractivity contribution in [3.63, 3.8) is 0 Å². The van der Waals surface area contributed by atoms with Gasteiger partial charge in [-0.1, -0.05) is 12.2 Å². The second-order valence-electron chi connectivity index (χ2n) is 3.19. The number of allylic oxidation sites excluding steroid dienone is 2. The first kappa shape index (κ1) is 11.8. The van der Waals surface area contributed by atoms with E-state index in [1.165, 1.54) is 16.7 Å². The van der Waals surface area contributed by atoms with Gasteiger partial charge in [0.1, 0.15) is 11.5 Å². The molecular weight excluding hydrogens is 208 g/mol. The van der Waals surface area contributed by atoms with Gasteiger partial charge in [0, 0.05) is 13.1 Å². The van der Waals surface area contributed by atoms with Crippen LogP contribution in [0.1, 0.15) is 0 Å². The van der Waals surface area contributed by atoms with Crippen LogP contribution < -0.4 is 22.7 Å². The number of hydrogen-bond acceptors (Lipinski definition) is 4. The molecule has 0 aliphatic heterocycles. The molecule has 0 fully saturated rings. The molecule has 0 aliphatic rings. The molecule has 0 saturated heterocycles. The van der Waals surface area contributed by atoms with E-state index in [-0.39, 0.29) is 24.6 Å². The number of rotatable bonds is 4. The molecule has 4 N–H and O–H groups in total.